The smallest absolute Gasteiger partial charge is 0.164 e. The average molecular weight is 763 g/mol. The molecule has 0 spiro atoms. The van der Waals surface area contributed by atoms with Gasteiger partial charge in [0.05, 0.1) is 11.0 Å². The Morgan fingerprint density at radius 2 is 0.947 bits per heavy atom. The molecule has 4 aromatic heterocycles. The van der Waals surface area contributed by atoms with Gasteiger partial charge in [-0.25, -0.2) is 15.0 Å². The third kappa shape index (κ3) is 5.15. The van der Waals surface area contributed by atoms with Gasteiger partial charge >= 0.3 is 0 Å². The van der Waals surface area contributed by atoms with Crippen molar-refractivity contribution in [1.29, 1.82) is 0 Å². The molecule has 0 radical (unpaired) electrons. The van der Waals surface area contributed by atoms with Crippen LogP contribution in [0.5, 0.6) is 0 Å². The number of hydrogen-bond acceptors (Lipinski definition) is 5. The fraction of sp³-hybridized carbons (Fsp3) is 0. The van der Waals surface area contributed by atoms with Crippen LogP contribution in [-0.4, -0.2) is 19.5 Å². The summed E-state index contributed by atoms with van der Waals surface area (Å²) in [5.41, 5.74) is 9.04. The largest absolute Gasteiger partial charge is 0.309 e. The molecule has 0 unspecified atom stereocenters. The zero-order chi connectivity index (χ0) is 37.5. The summed E-state index contributed by atoms with van der Waals surface area (Å²) < 4.78 is 7.50. The Bertz CT molecular complexity index is 3410. The zero-order valence-electron chi connectivity index (χ0n) is 30.4. The maximum absolute atomic E-state index is 5.03. The second-order valence-corrected chi connectivity index (χ2v) is 16.5. The van der Waals surface area contributed by atoms with Gasteiger partial charge in [0.1, 0.15) is 0 Å². The molecule has 0 atom stereocenters. The number of aromatic nitrogens is 4. The minimum Gasteiger partial charge on any atom is -0.309 e. The van der Waals surface area contributed by atoms with Crippen molar-refractivity contribution in [3.05, 3.63) is 182 Å². The zero-order valence-corrected chi connectivity index (χ0v) is 32.1. The van der Waals surface area contributed by atoms with Gasteiger partial charge in [-0.1, -0.05) is 133 Å². The van der Waals surface area contributed by atoms with Crippen molar-refractivity contribution < 1.29 is 0 Å². The Labute approximate surface area is 335 Å². The van der Waals surface area contributed by atoms with E-state index in [0.717, 1.165) is 16.7 Å². The van der Waals surface area contributed by atoms with E-state index >= 15 is 0 Å². The van der Waals surface area contributed by atoms with E-state index in [2.05, 4.69) is 126 Å². The van der Waals surface area contributed by atoms with Crippen LogP contribution in [0.4, 0.5) is 0 Å². The Balaban J connectivity index is 1.00. The topological polar surface area (TPSA) is 43.6 Å². The molecule has 0 saturated carbocycles. The number of thiophene rings is 2. The van der Waals surface area contributed by atoms with E-state index < -0.39 is 0 Å². The van der Waals surface area contributed by atoms with E-state index in [0.29, 0.717) is 17.5 Å². The van der Waals surface area contributed by atoms with Gasteiger partial charge in [0, 0.05) is 79.1 Å². The molecule has 8 aromatic carbocycles. The third-order valence-corrected chi connectivity index (χ3v) is 13.4. The normalized spacial score (nSPS) is 11.9. The van der Waals surface area contributed by atoms with Gasteiger partial charge in [-0.05, 0) is 54.1 Å². The summed E-state index contributed by atoms with van der Waals surface area (Å²) in [6, 6.07) is 64.9. The number of para-hydroxylation sites is 2. The van der Waals surface area contributed by atoms with Crippen molar-refractivity contribution >= 4 is 84.8 Å². The quantitative estimate of drug-likeness (QED) is 0.175. The predicted octanol–water partition coefficient (Wildman–Crippen LogP) is 14.4. The van der Waals surface area contributed by atoms with Crippen molar-refractivity contribution in [3.8, 4) is 51.0 Å². The molecule has 4 nitrogen and oxygen atoms in total. The molecule has 0 fully saturated rings. The SMILES string of the molecule is c1ccc(-c2nc(-c3ccccc3)nc(-c3ccc4sc5c(-c6cccc7sc8cc(-n9c%10ccccc%10c%10ccccc%109)ccc8c67)cccc5c4c3)n2)cc1. The lowest BCUT2D eigenvalue weighted by Crippen LogP contribution is -2.00. The van der Waals surface area contributed by atoms with Crippen molar-refractivity contribution in [2.24, 2.45) is 0 Å². The van der Waals surface area contributed by atoms with E-state index in [1.165, 1.54) is 79.0 Å². The van der Waals surface area contributed by atoms with Crippen LogP contribution in [0.2, 0.25) is 0 Å². The molecule has 266 valence electrons. The van der Waals surface area contributed by atoms with Gasteiger partial charge < -0.3 is 4.57 Å². The molecule has 4 heterocycles. The summed E-state index contributed by atoms with van der Waals surface area (Å²) >= 11 is 3.73. The Hall–Kier alpha value is -6.99. The molecule has 0 saturated heterocycles. The van der Waals surface area contributed by atoms with Crippen molar-refractivity contribution in [3.63, 3.8) is 0 Å². The third-order valence-electron chi connectivity index (χ3n) is 11.1. The Morgan fingerprint density at radius 3 is 1.65 bits per heavy atom. The van der Waals surface area contributed by atoms with Gasteiger partial charge in [-0.15, -0.1) is 22.7 Å². The standard InChI is InChI=1S/C51H30N4S2/c1-3-13-31(14-4-1)49-52-50(32-15-5-2-6-16-32)54-51(53-49)33-25-28-44-41(29-33)39-21-11-20-38(48(39)57-44)37-19-12-24-45-47(37)40-27-26-34(30-46(40)56-45)55-42-22-9-7-17-35(42)36-18-8-10-23-43(36)55/h1-30H. The molecule has 0 amide bonds. The molecule has 0 aliphatic heterocycles. The number of hydrogen-bond donors (Lipinski definition) is 0. The molecule has 0 aliphatic rings. The minimum atomic E-state index is 0.662. The molecular formula is C51H30N4S2. The van der Waals surface area contributed by atoms with Crippen LogP contribution in [-0.2, 0) is 0 Å². The first-order valence-electron chi connectivity index (χ1n) is 19.0. The Morgan fingerprint density at radius 1 is 0.351 bits per heavy atom. The highest BCUT2D eigenvalue weighted by atomic mass is 32.1. The van der Waals surface area contributed by atoms with E-state index in [4.69, 9.17) is 15.0 Å². The molecule has 0 aliphatic carbocycles. The second kappa shape index (κ2) is 12.8. The molecule has 57 heavy (non-hydrogen) atoms. The first kappa shape index (κ1) is 32.3. The number of benzene rings is 8. The maximum Gasteiger partial charge on any atom is 0.164 e. The summed E-state index contributed by atoms with van der Waals surface area (Å²) in [5, 5.41) is 7.59. The molecule has 12 aromatic rings. The lowest BCUT2D eigenvalue weighted by molar-refractivity contribution is 1.07. The summed E-state index contributed by atoms with van der Waals surface area (Å²) in [5.74, 6) is 1.99. The molecular weight excluding hydrogens is 733 g/mol. The lowest BCUT2D eigenvalue weighted by atomic mass is 9.97. The van der Waals surface area contributed by atoms with E-state index in [-0.39, 0.29) is 0 Å². The van der Waals surface area contributed by atoms with Crippen LogP contribution in [0.3, 0.4) is 0 Å². The highest BCUT2D eigenvalue weighted by molar-refractivity contribution is 7.27. The summed E-state index contributed by atoms with van der Waals surface area (Å²) in [6.07, 6.45) is 0. The van der Waals surface area contributed by atoms with Gasteiger partial charge in [-0.3, -0.25) is 0 Å². The van der Waals surface area contributed by atoms with Gasteiger partial charge in [0.2, 0.25) is 0 Å². The van der Waals surface area contributed by atoms with Crippen molar-refractivity contribution in [2.75, 3.05) is 0 Å². The highest BCUT2D eigenvalue weighted by Crippen LogP contribution is 2.46. The minimum absolute atomic E-state index is 0.662. The summed E-state index contributed by atoms with van der Waals surface area (Å²) in [6.45, 7) is 0. The highest BCUT2D eigenvalue weighted by Gasteiger charge is 2.19. The van der Waals surface area contributed by atoms with Gasteiger partial charge in [0.25, 0.3) is 0 Å². The molecule has 0 N–H and O–H groups in total. The van der Waals surface area contributed by atoms with Crippen molar-refractivity contribution in [2.45, 2.75) is 0 Å². The van der Waals surface area contributed by atoms with Crippen LogP contribution in [0.1, 0.15) is 0 Å². The lowest BCUT2D eigenvalue weighted by Gasteiger charge is -2.09. The fourth-order valence-corrected chi connectivity index (χ4v) is 10.8. The predicted molar refractivity (Wildman–Crippen MR) is 242 cm³/mol. The Kier molecular flexibility index (Phi) is 7.24. The van der Waals surface area contributed by atoms with Crippen LogP contribution in [0, 0.1) is 0 Å². The van der Waals surface area contributed by atoms with Crippen LogP contribution in [0.15, 0.2) is 182 Å². The van der Waals surface area contributed by atoms with E-state index in [1.54, 1.807) is 0 Å². The summed E-state index contributed by atoms with van der Waals surface area (Å²) in [7, 11) is 0. The monoisotopic (exact) mass is 762 g/mol. The number of rotatable bonds is 5. The second-order valence-electron chi connectivity index (χ2n) is 14.4. The van der Waals surface area contributed by atoms with Gasteiger partial charge in [-0.2, -0.15) is 0 Å². The number of nitrogens with zero attached hydrogens (tertiary/aromatic N) is 4. The first-order valence-corrected chi connectivity index (χ1v) is 20.7. The average Bonchev–Trinajstić information content (AvgIpc) is 3.96. The van der Waals surface area contributed by atoms with Crippen molar-refractivity contribution in [1.82, 2.24) is 19.5 Å². The number of fused-ring (bicyclic) bond motifs is 9. The molecule has 0 bridgehead atoms. The maximum atomic E-state index is 5.03. The van der Waals surface area contributed by atoms with Crippen LogP contribution < -0.4 is 0 Å². The first-order chi connectivity index (χ1) is 28.2. The van der Waals surface area contributed by atoms with E-state index in [9.17, 15) is 0 Å². The summed E-state index contributed by atoms with van der Waals surface area (Å²) in [4.78, 5) is 15.0. The molecule has 6 heteroatoms. The van der Waals surface area contributed by atoms with Crippen LogP contribution in [0.25, 0.3) is 113 Å². The molecule has 12 rings (SSSR count). The fourth-order valence-electron chi connectivity index (χ4n) is 8.47. The van der Waals surface area contributed by atoms with Gasteiger partial charge in [0.15, 0.2) is 17.5 Å². The van der Waals surface area contributed by atoms with E-state index in [1.807, 2.05) is 83.3 Å². The van der Waals surface area contributed by atoms with Crippen LogP contribution >= 0.6 is 22.7 Å².